The minimum Gasteiger partial charge on any atom is -0.496 e. The van der Waals surface area contributed by atoms with Crippen molar-refractivity contribution in [2.75, 3.05) is 16.7 Å². The SMILES string of the molecule is COc1ccc(S(=O)(=O)N(Cc2ccc(C(=O)Nc3ccccc3)cc2)c2ccc(C)cc2)cc1Br. The number of carbonyl (C=O) groups excluding carboxylic acids is 1. The largest absolute Gasteiger partial charge is 0.496 e. The number of rotatable bonds is 8. The third kappa shape index (κ3) is 5.78. The van der Waals surface area contributed by atoms with E-state index in [-0.39, 0.29) is 17.3 Å². The molecule has 4 rings (SSSR count). The molecule has 1 N–H and O–H groups in total. The van der Waals surface area contributed by atoms with Crippen molar-refractivity contribution in [1.29, 1.82) is 0 Å². The Hall–Kier alpha value is -3.62. The highest BCUT2D eigenvalue weighted by Gasteiger charge is 2.26. The summed E-state index contributed by atoms with van der Waals surface area (Å²) in [6.45, 7) is 2.04. The fourth-order valence-corrected chi connectivity index (χ4v) is 5.78. The molecule has 0 fully saturated rings. The quantitative estimate of drug-likeness (QED) is 0.268. The lowest BCUT2D eigenvalue weighted by Gasteiger charge is -2.25. The number of carbonyl (C=O) groups is 1. The van der Waals surface area contributed by atoms with E-state index in [1.165, 1.54) is 23.5 Å². The predicted octanol–water partition coefficient (Wildman–Crippen LogP) is 6.41. The molecule has 0 radical (unpaired) electrons. The Bertz CT molecular complexity index is 1460. The first-order valence-electron chi connectivity index (χ1n) is 11.2. The number of sulfonamides is 1. The number of ether oxygens (including phenoxy) is 1. The van der Waals surface area contributed by atoms with Gasteiger partial charge >= 0.3 is 0 Å². The van der Waals surface area contributed by atoms with E-state index in [9.17, 15) is 13.2 Å². The van der Waals surface area contributed by atoms with E-state index in [0.717, 1.165) is 11.1 Å². The van der Waals surface area contributed by atoms with E-state index in [1.807, 2.05) is 49.4 Å². The molecule has 0 heterocycles. The highest BCUT2D eigenvalue weighted by molar-refractivity contribution is 9.10. The molecule has 0 bridgehead atoms. The minimum atomic E-state index is -3.91. The van der Waals surface area contributed by atoms with Crippen LogP contribution in [-0.4, -0.2) is 21.4 Å². The van der Waals surface area contributed by atoms with Crippen molar-refractivity contribution >= 4 is 43.2 Å². The van der Waals surface area contributed by atoms with Crippen molar-refractivity contribution in [3.05, 3.63) is 118 Å². The van der Waals surface area contributed by atoms with Gasteiger partial charge in [0.25, 0.3) is 15.9 Å². The van der Waals surface area contributed by atoms with Crippen LogP contribution in [0.5, 0.6) is 5.75 Å². The molecule has 36 heavy (non-hydrogen) atoms. The summed E-state index contributed by atoms with van der Waals surface area (Å²) in [5.41, 5.74) is 3.48. The first kappa shape index (κ1) is 25.5. The van der Waals surface area contributed by atoms with Gasteiger partial charge in [0, 0.05) is 11.3 Å². The Morgan fingerprint density at radius 2 is 1.58 bits per heavy atom. The molecular formula is C28H25BrN2O4S. The topological polar surface area (TPSA) is 75.7 Å². The Morgan fingerprint density at radius 3 is 2.19 bits per heavy atom. The van der Waals surface area contributed by atoms with Crippen LogP contribution in [0, 0.1) is 6.92 Å². The van der Waals surface area contributed by atoms with Crippen LogP contribution in [0.4, 0.5) is 11.4 Å². The Morgan fingerprint density at radius 1 is 0.917 bits per heavy atom. The summed E-state index contributed by atoms with van der Waals surface area (Å²) in [5.74, 6) is 0.305. The molecule has 0 aliphatic carbocycles. The smallest absolute Gasteiger partial charge is 0.264 e. The summed E-state index contributed by atoms with van der Waals surface area (Å²) in [5, 5.41) is 2.85. The van der Waals surface area contributed by atoms with Gasteiger partial charge in [0.2, 0.25) is 0 Å². The van der Waals surface area contributed by atoms with Crippen molar-refractivity contribution in [3.8, 4) is 5.75 Å². The van der Waals surface area contributed by atoms with Gasteiger partial charge in [0.05, 0.1) is 28.7 Å². The summed E-state index contributed by atoms with van der Waals surface area (Å²) in [7, 11) is -2.39. The van der Waals surface area contributed by atoms with Gasteiger partial charge in [0.15, 0.2) is 0 Å². The maximum atomic E-state index is 13.8. The normalized spacial score (nSPS) is 11.1. The zero-order chi connectivity index (χ0) is 25.7. The molecule has 0 aromatic heterocycles. The van der Waals surface area contributed by atoms with Gasteiger partial charge in [-0.05, 0) is 83.0 Å². The Balaban J connectivity index is 1.63. The van der Waals surface area contributed by atoms with Crippen LogP contribution in [0.3, 0.4) is 0 Å². The molecule has 6 nitrogen and oxygen atoms in total. The predicted molar refractivity (Wildman–Crippen MR) is 146 cm³/mol. The molecule has 4 aromatic rings. The summed E-state index contributed by atoms with van der Waals surface area (Å²) >= 11 is 3.38. The van der Waals surface area contributed by atoms with Gasteiger partial charge in [-0.1, -0.05) is 48.0 Å². The van der Waals surface area contributed by atoms with E-state index in [4.69, 9.17) is 4.74 Å². The highest BCUT2D eigenvalue weighted by atomic mass is 79.9. The van der Waals surface area contributed by atoms with Crippen molar-refractivity contribution < 1.29 is 17.9 Å². The van der Waals surface area contributed by atoms with E-state index < -0.39 is 10.0 Å². The Kier molecular flexibility index (Phi) is 7.76. The van der Waals surface area contributed by atoms with Crippen molar-refractivity contribution in [2.45, 2.75) is 18.4 Å². The molecule has 0 spiro atoms. The molecule has 184 valence electrons. The fourth-order valence-electron chi connectivity index (χ4n) is 3.61. The number of hydrogen-bond donors (Lipinski definition) is 1. The number of methoxy groups -OCH3 is 1. The molecule has 0 atom stereocenters. The van der Waals surface area contributed by atoms with Crippen molar-refractivity contribution in [1.82, 2.24) is 0 Å². The Labute approximate surface area is 219 Å². The van der Waals surface area contributed by atoms with E-state index in [1.54, 1.807) is 42.5 Å². The maximum Gasteiger partial charge on any atom is 0.264 e. The lowest BCUT2D eigenvalue weighted by atomic mass is 10.1. The lowest BCUT2D eigenvalue weighted by Crippen LogP contribution is -2.30. The van der Waals surface area contributed by atoms with Crippen LogP contribution in [0.1, 0.15) is 21.5 Å². The number of halogens is 1. The summed E-state index contributed by atoms with van der Waals surface area (Å²) in [6.07, 6.45) is 0. The van der Waals surface area contributed by atoms with Gasteiger partial charge in [-0.3, -0.25) is 9.10 Å². The number of aryl methyl sites for hydroxylation is 1. The van der Waals surface area contributed by atoms with Gasteiger partial charge in [-0.15, -0.1) is 0 Å². The highest BCUT2D eigenvalue weighted by Crippen LogP contribution is 2.31. The first-order chi connectivity index (χ1) is 17.3. The fraction of sp³-hybridized carbons (Fsp3) is 0.107. The van der Waals surface area contributed by atoms with Crippen LogP contribution in [0.2, 0.25) is 0 Å². The molecular weight excluding hydrogens is 540 g/mol. The molecule has 0 saturated carbocycles. The summed E-state index contributed by atoms with van der Waals surface area (Å²) in [6, 6.07) is 28.1. The third-order valence-electron chi connectivity index (χ3n) is 5.61. The van der Waals surface area contributed by atoms with Gasteiger partial charge in [0.1, 0.15) is 5.75 Å². The van der Waals surface area contributed by atoms with Gasteiger partial charge in [-0.25, -0.2) is 8.42 Å². The summed E-state index contributed by atoms with van der Waals surface area (Å²) in [4.78, 5) is 12.7. The number of amides is 1. The second-order valence-corrected chi connectivity index (χ2v) is 10.9. The first-order valence-corrected chi connectivity index (χ1v) is 13.4. The van der Waals surface area contributed by atoms with E-state index >= 15 is 0 Å². The zero-order valence-corrected chi connectivity index (χ0v) is 22.2. The van der Waals surface area contributed by atoms with E-state index in [2.05, 4.69) is 21.2 Å². The van der Waals surface area contributed by atoms with Crippen LogP contribution in [0.25, 0.3) is 0 Å². The van der Waals surface area contributed by atoms with E-state index in [0.29, 0.717) is 27.2 Å². The van der Waals surface area contributed by atoms with Crippen molar-refractivity contribution in [3.63, 3.8) is 0 Å². The maximum absolute atomic E-state index is 13.8. The van der Waals surface area contributed by atoms with Gasteiger partial charge in [-0.2, -0.15) is 0 Å². The standard InChI is InChI=1S/C28H25BrN2O4S/c1-20-8-14-24(15-9-20)31(36(33,34)25-16-17-27(35-2)26(29)18-25)19-21-10-12-22(13-11-21)28(32)30-23-6-4-3-5-7-23/h3-18H,19H2,1-2H3,(H,30,32). The summed E-state index contributed by atoms with van der Waals surface area (Å²) < 4.78 is 34.7. The monoisotopic (exact) mass is 564 g/mol. The number of para-hydroxylation sites is 1. The number of hydrogen-bond acceptors (Lipinski definition) is 4. The number of anilines is 2. The average molecular weight is 565 g/mol. The minimum absolute atomic E-state index is 0.0929. The van der Waals surface area contributed by atoms with Crippen LogP contribution in [-0.2, 0) is 16.6 Å². The second kappa shape index (κ2) is 11.0. The van der Waals surface area contributed by atoms with Crippen molar-refractivity contribution in [2.24, 2.45) is 0 Å². The molecule has 1 amide bonds. The molecule has 8 heteroatoms. The molecule has 0 unspecified atom stereocenters. The zero-order valence-electron chi connectivity index (χ0n) is 19.8. The number of benzene rings is 4. The second-order valence-electron chi connectivity index (χ2n) is 8.16. The molecule has 0 aliphatic rings. The van der Waals surface area contributed by atoms with Gasteiger partial charge < -0.3 is 10.1 Å². The number of nitrogens with one attached hydrogen (secondary N) is 1. The van der Waals surface area contributed by atoms with Crippen LogP contribution >= 0.6 is 15.9 Å². The third-order valence-corrected chi connectivity index (χ3v) is 8.00. The lowest BCUT2D eigenvalue weighted by molar-refractivity contribution is 0.102. The van der Waals surface area contributed by atoms with Crippen LogP contribution in [0.15, 0.2) is 106 Å². The average Bonchev–Trinajstić information content (AvgIpc) is 2.88. The number of nitrogens with zero attached hydrogens (tertiary/aromatic N) is 1. The van der Waals surface area contributed by atoms with Crippen LogP contribution < -0.4 is 14.4 Å². The molecule has 0 saturated heterocycles. The molecule has 0 aliphatic heterocycles. The molecule has 4 aromatic carbocycles.